The molecule has 1 fully saturated rings. The van der Waals surface area contributed by atoms with Gasteiger partial charge in [-0.05, 0) is 12.1 Å². The largest absolute Gasteiger partial charge is 0.303 e. The molecule has 0 radical (unpaired) electrons. The Balaban J connectivity index is 2.13. The van der Waals surface area contributed by atoms with Crippen LogP contribution in [0.4, 0.5) is 4.39 Å². The van der Waals surface area contributed by atoms with Gasteiger partial charge in [-0.3, -0.25) is 4.79 Å². The fourth-order valence-electron chi connectivity index (χ4n) is 1.15. The number of halogens is 2. The minimum absolute atomic E-state index is 0.118. The summed E-state index contributed by atoms with van der Waals surface area (Å²) in [6.45, 7) is 0. The summed E-state index contributed by atoms with van der Waals surface area (Å²) in [4.78, 5) is 10.8. The number of hydrogen-bond donors (Lipinski definition) is 1. The van der Waals surface area contributed by atoms with E-state index in [2.05, 4.69) is 15.5 Å². The van der Waals surface area contributed by atoms with Gasteiger partial charge in [-0.15, -0.1) is 5.10 Å². The number of thioether (sulfide) groups is 1. The SMILES string of the molecule is O=C1CS/C(=N/N=C/c2c(F)cccc2Cl)N1. The maximum atomic E-state index is 13.3. The quantitative estimate of drug-likeness (QED) is 0.661. The topological polar surface area (TPSA) is 53.8 Å². The van der Waals surface area contributed by atoms with E-state index in [9.17, 15) is 9.18 Å². The monoisotopic (exact) mass is 271 g/mol. The van der Waals surface area contributed by atoms with Crippen molar-refractivity contribution in [3.63, 3.8) is 0 Å². The predicted molar refractivity (Wildman–Crippen MR) is 67.0 cm³/mol. The van der Waals surface area contributed by atoms with Gasteiger partial charge in [-0.2, -0.15) is 5.10 Å². The average molecular weight is 272 g/mol. The molecule has 1 aromatic carbocycles. The van der Waals surface area contributed by atoms with Crippen molar-refractivity contribution >= 4 is 40.7 Å². The van der Waals surface area contributed by atoms with Crippen LogP contribution >= 0.6 is 23.4 Å². The van der Waals surface area contributed by atoms with E-state index in [0.29, 0.717) is 10.9 Å². The summed E-state index contributed by atoms with van der Waals surface area (Å²) >= 11 is 7.04. The van der Waals surface area contributed by atoms with Gasteiger partial charge in [0.15, 0.2) is 5.17 Å². The Labute approximate surface area is 106 Å². The fraction of sp³-hybridized carbons (Fsp3) is 0.100. The summed E-state index contributed by atoms with van der Waals surface area (Å²) < 4.78 is 13.3. The molecule has 0 aromatic heterocycles. The number of hydrogen-bond acceptors (Lipinski definition) is 4. The molecule has 0 aliphatic carbocycles. The maximum Gasteiger partial charge on any atom is 0.236 e. The molecule has 1 aliphatic heterocycles. The minimum Gasteiger partial charge on any atom is -0.303 e. The molecule has 0 atom stereocenters. The number of nitrogens with one attached hydrogen (secondary N) is 1. The maximum absolute atomic E-state index is 13.3. The van der Waals surface area contributed by atoms with E-state index in [0.717, 1.165) is 0 Å². The lowest BCUT2D eigenvalue weighted by atomic mass is 10.2. The Kier molecular flexibility index (Phi) is 3.75. The first-order chi connectivity index (χ1) is 8.16. The smallest absolute Gasteiger partial charge is 0.236 e. The van der Waals surface area contributed by atoms with Crippen LogP contribution in [0.15, 0.2) is 28.4 Å². The number of benzene rings is 1. The molecule has 0 bridgehead atoms. The van der Waals surface area contributed by atoms with Crippen molar-refractivity contribution in [1.29, 1.82) is 0 Å². The van der Waals surface area contributed by atoms with Crippen molar-refractivity contribution in [3.8, 4) is 0 Å². The zero-order valence-electron chi connectivity index (χ0n) is 8.48. The highest BCUT2D eigenvalue weighted by molar-refractivity contribution is 8.15. The van der Waals surface area contributed by atoms with Crippen LogP contribution in [0, 0.1) is 5.82 Å². The molecule has 0 saturated carbocycles. The normalized spacial score (nSPS) is 18.0. The number of nitrogens with zero attached hydrogens (tertiary/aromatic N) is 2. The molecule has 1 aromatic rings. The molecular weight excluding hydrogens is 265 g/mol. The second-order valence-corrected chi connectivity index (χ2v) is 4.49. The van der Waals surface area contributed by atoms with E-state index in [-0.39, 0.29) is 16.5 Å². The summed E-state index contributed by atoms with van der Waals surface area (Å²) in [5.74, 6) is -0.258. The standard InChI is InChI=1S/C10H7ClFN3OS/c11-7-2-1-3-8(12)6(7)4-13-15-10-14-9(16)5-17-10/h1-4H,5H2,(H,14,15,16)/b13-4+. The Bertz CT molecular complexity index is 498. The molecule has 0 spiro atoms. The van der Waals surface area contributed by atoms with Crippen LogP contribution in [-0.2, 0) is 4.79 Å². The first-order valence-corrected chi connectivity index (χ1v) is 6.01. The van der Waals surface area contributed by atoms with Crippen molar-refractivity contribution in [3.05, 3.63) is 34.6 Å². The van der Waals surface area contributed by atoms with Gasteiger partial charge in [0.05, 0.1) is 17.0 Å². The predicted octanol–water partition coefficient (Wildman–Crippen LogP) is 2.03. The summed E-state index contributed by atoms with van der Waals surface area (Å²) in [6.07, 6.45) is 1.22. The third-order valence-corrected chi connectivity index (χ3v) is 3.11. The van der Waals surface area contributed by atoms with E-state index < -0.39 is 5.82 Å². The Morgan fingerprint density at radius 1 is 1.53 bits per heavy atom. The molecule has 0 unspecified atom stereocenters. The van der Waals surface area contributed by atoms with Crippen molar-refractivity contribution < 1.29 is 9.18 Å². The summed E-state index contributed by atoms with van der Waals surface area (Å²) in [5, 5.41) is 10.6. The molecule has 17 heavy (non-hydrogen) atoms. The van der Waals surface area contributed by atoms with Crippen LogP contribution in [0.2, 0.25) is 5.02 Å². The van der Waals surface area contributed by atoms with Gasteiger partial charge in [0.25, 0.3) is 0 Å². The van der Waals surface area contributed by atoms with E-state index in [1.807, 2.05) is 0 Å². The van der Waals surface area contributed by atoms with Crippen molar-refractivity contribution in [2.45, 2.75) is 0 Å². The number of carbonyl (C=O) groups excluding carboxylic acids is 1. The molecule has 1 heterocycles. The molecule has 88 valence electrons. The highest BCUT2D eigenvalue weighted by Gasteiger charge is 2.15. The Hall–Kier alpha value is -1.40. The van der Waals surface area contributed by atoms with Crippen LogP contribution in [-0.4, -0.2) is 23.0 Å². The molecular formula is C10H7ClFN3OS. The lowest BCUT2D eigenvalue weighted by molar-refractivity contribution is -0.116. The highest BCUT2D eigenvalue weighted by atomic mass is 35.5. The van der Waals surface area contributed by atoms with Crippen LogP contribution in [0.1, 0.15) is 5.56 Å². The number of amides is 1. The fourth-order valence-corrected chi connectivity index (χ4v) is 1.99. The van der Waals surface area contributed by atoms with Crippen LogP contribution in [0.25, 0.3) is 0 Å². The van der Waals surface area contributed by atoms with Gasteiger partial charge in [-0.25, -0.2) is 4.39 Å². The van der Waals surface area contributed by atoms with Gasteiger partial charge in [0.1, 0.15) is 5.82 Å². The summed E-state index contributed by atoms with van der Waals surface area (Å²) in [6, 6.07) is 4.35. The molecule has 1 N–H and O–H groups in total. The van der Waals surface area contributed by atoms with Gasteiger partial charge in [-0.1, -0.05) is 29.4 Å². The van der Waals surface area contributed by atoms with Crippen LogP contribution in [0.3, 0.4) is 0 Å². The summed E-state index contributed by atoms with van der Waals surface area (Å²) in [7, 11) is 0. The molecule has 4 nitrogen and oxygen atoms in total. The van der Waals surface area contributed by atoms with E-state index in [1.165, 1.54) is 30.1 Å². The van der Waals surface area contributed by atoms with Crippen molar-refractivity contribution in [1.82, 2.24) is 5.32 Å². The first-order valence-electron chi connectivity index (χ1n) is 4.64. The molecule has 1 saturated heterocycles. The van der Waals surface area contributed by atoms with Crippen LogP contribution < -0.4 is 5.32 Å². The van der Waals surface area contributed by atoms with Crippen molar-refractivity contribution in [2.75, 3.05) is 5.75 Å². The minimum atomic E-state index is -0.468. The van der Waals surface area contributed by atoms with Gasteiger partial charge < -0.3 is 5.32 Å². The molecule has 2 rings (SSSR count). The molecule has 1 amide bonds. The summed E-state index contributed by atoms with van der Waals surface area (Å²) in [5.41, 5.74) is 0.174. The second-order valence-electron chi connectivity index (χ2n) is 3.12. The van der Waals surface area contributed by atoms with E-state index in [1.54, 1.807) is 6.07 Å². The van der Waals surface area contributed by atoms with E-state index in [4.69, 9.17) is 11.6 Å². The number of rotatable bonds is 2. The van der Waals surface area contributed by atoms with Gasteiger partial charge >= 0.3 is 0 Å². The number of carbonyl (C=O) groups is 1. The lowest BCUT2D eigenvalue weighted by Crippen LogP contribution is -2.19. The Morgan fingerprint density at radius 3 is 3.00 bits per heavy atom. The van der Waals surface area contributed by atoms with Crippen LogP contribution in [0.5, 0.6) is 0 Å². The zero-order chi connectivity index (χ0) is 12.3. The first kappa shape index (κ1) is 12.1. The average Bonchev–Trinajstić information content (AvgIpc) is 2.69. The molecule has 1 aliphatic rings. The van der Waals surface area contributed by atoms with Gasteiger partial charge in [0.2, 0.25) is 5.91 Å². The number of amidine groups is 1. The third-order valence-electron chi connectivity index (χ3n) is 1.92. The Morgan fingerprint density at radius 2 is 2.35 bits per heavy atom. The third kappa shape index (κ3) is 3.04. The lowest BCUT2D eigenvalue weighted by Gasteiger charge is -1.97. The van der Waals surface area contributed by atoms with E-state index >= 15 is 0 Å². The van der Waals surface area contributed by atoms with Gasteiger partial charge in [0, 0.05) is 5.56 Å². The second kappa shape index (κ2) is 5.29. The van der Waals surface area contributed by atoms with Crippen molar-refractivity contribution in [2.24, 2.45) is 10.2 Å². The molecule has 7 heteroatoms. The zero-order valence-corrected chi connectivity index (χ0v) is 10.1. The highest BCUT2D eigenvalue weighted by Crippen LogP contribution is 2.16.